The van der Waals surface area contributed by atoms with E-state index in [0.717, 1.165) is 10.0 Å². The number of hydrazine groups is 1. The van der Waals surface area contributed by atoms with E-state index in [2.05, 4.69) is 42.7 Å². The van der Waals surface area contributed by atoms with Gasteiger partial charge < -0.3 is 5.32 Å². The molecule has 0 aliphatic heterocycles. The fourth-order valence-corrected chi connectivity index (χ4v) is 1.84. The highest BCUT2D eigenvalue weighted by atomic mass is 79.9. The number of nitrogens with zero attached hydrogens (tertiary/aromatic N) is 3. The van der Waals surface area contributed by atoms with Crippen molar-refractivity contribution in [2.75, 3.05) is 10.7 Å². The highest BCUT2D eigenvalue weighted by molar-refractivity contribution is 9.10. The van der Waals surface area contributed by atoms with Gasteiger partial charge in [0.25, 0.3) is 0 Å². The number of halogens is 1. The summed E-state index contributed by atoms with van der Waals surface area (Å²) in [5, 5.41) is 12.2. The molecule has 7 heteroatoms. The highest BCUT2D eigenvalue weighted by Crippen LogP contribution is 2.25. The molecule has 0 aliphatic carbocycles. The number of aryl methyl sites for hydroxylation is 1. The lowest BCUT2D eigenvalue weighted by Crippen LogP contribution is -2.11. The van der Waals surface area contributed by atoms with Crippen molar-refractivity contribution in [1.29, 1.82) is 5.26 Å². The van der Waals surface area contributed by atoms with E-state index in [4.69, 9.17) is 11.1 Å². The maximum atomic E-state index is 9.09. The number of nitriles is 1. The Kier molecular flexibility index (Phi) is 3.94. The zero-order chi connectivity index (χ0) is 13.8. The largest absolute Gasteiger partial charge is 0.339 e. The molecule has 0 fully saturated rings. The maximum absolute atomic E-state index is 9.09. The van der Waals surface area contributed by atoms with Crippen LogP contribution < -0.4 is 16.6 Å². The number of hydrogen-bond donors (Lipinski definition) is 3. The van der Waals surface area contributed by atoms with Crippen LogP contribution in [-0.4, -0.2) is 9.97 Å². The van der Waals surface area contributed by atoms with Crippen molar-refractivity contribution < 1.29 is 0 Å². The van der Waals surface area contributed by atoms with Gasteiger partial charge in [-0.1, -0.05) is 15.9 Å². The van der Waals surface area contributed by atoms with Crippen LogP contribution in [0.4, 0.5) is 17.5 Å². The molecule has 4 N–H and O–H groups in total. The SMILES string of the molecule is Cc1cnc(NN)nc1Nc1cc(Br)ccc1C#N. The summed E-state index contributed by atoms with van der Waals surface area (Å²) >= 11 is 3.37. The molecule has 19 heavy (non-hydrogen) atoms. The van der Waals surface area contributed by atoms with E-state index < -0.39 is 0 Å². The summed E-state index contributed by atoms with van der Waals surface area (Å²) < 4.78 is 0.873. The van der Waals surface area contributed by atoms with E-state index in [1.807, 2.05) is 19.1 Å². The number of nitrogens with one attached hydrogen (secondary N) is 2. The second kappa shape index (κ2) is 5.65. The van der Waals surface area contributed by atoms with Crippen LogP contribution >= 0.6 is 15.9 Å². The Hall–Kier alpha value is -2.17. The van der Waals surface area contributed by atoms with Crippen molar-refractivity contribution in [3.8, 4) is 6.07 Å². The fourth-order valence-electron chi connectivity index (χ4n) is 1.48. The molecule has 1 heterocycles. The molecule has 0 aliphatic rings. The monoisotopic (exact) mass is 318 g/mol. The standard InChI is InChI=1S/C12H11BrN6/c1-7-6-16-12(19-15)18-11(7)17-10-4-9(13)3-2-8(10)5-14/h2-4,6H,15H2,1H3,(H2,16,17,18,19). The predicted octanol–water partition coefficient (Wildman–Crippen LogP) is 2.45. The van der Waals surface area contributed by atoms with Gasteiger partial charge in [0.1, 0.15) is 11.9 Å². The number of nitrogen functional groups attached to an aromatic ring is 1. The van der Waals surface area contributed by atoms with Gasteiger partial charge in [-0.05, 0) is 25.1 Å². The maximum Gasteiger partial charge on any atom is 0.239 e. The lowest BCUT2D eigenvalue weighted by Gasteiger charge is -2.11. The Morgan fingerprint density at radius 2 is 2.21 bits per heavy atom. The molecule has 0 saturated heterocycles. The second-order valence-electron chi connectivity index (χ2n) is 3.80. The fraction of sp³-hybridized carbons (Fsp3) is 0.0833. The average Bonchev–Trinajstić information content (AvgIpc) is 2.41. The third-order valence-corrected chi connectivity index (χ3v) is 2.95. The van der Waals surface area contributed by atoms with Crippen molar-refractivity contribution in [2.24, 2.45) is 5.84 Å². The molecular weight excluding hydrogens is 308 g/mol. The van der Waals surface area contributed by atoms with Crippen molar-refractivity contribution in [3.63, 3.8) is 0 Å². The van der Waals surface area contributed by atoms with Crippen LogP contribution in [0.3, 0.4) is 0 Å². The first-order valence-electron chi connectivity index (χ1n) is 5.41. The minimum atomic E-state index is 0.307. The number of nitrogens with two attached hydrogens (primary N) is 1. The molecule has 1 aromatic carbocycles. The Morgan fingerprint density at radius 1 is 1.42 bits per heavy atom. The molecule has 2 rings (SSSR count). The van der Waals surface area contributed by atoms with Gasteiger partial charge in [-0.25, -0.2) is 10.8 Å². The normalized spacial score (nSPS) is 9.79. The number of rotatable bonds is 3. The minimum absolute atomic E-state index is 0.307. The first kappa shape index (κ1) is 13.3. The first-order valence-corrected chi connectivity index (χ1v) is 6.20. The van der Waals surface area contributed by atoms with E-state index in [0.29, 0.717) is 23.0 Å². The van der Waals surface area contributed by atoms with Gasteiger partial charge >= 0.3 is 0 Å². The summed E-state index contributed by atoms with van der Waals surface area (Å²) in [6.45, 7) is 1.87. The Morgan fingerprint density at radius 3 is 2.89 bits per heavy atom. The number of aromatic nitrogens is 2. The lowest BCUT2D eigenvalue weighted by molar-refractivity contribution is 1.09. The summed E-state index contributed by atoms with van der Waals surface area (Å²) in [7, 11) is 0. The zero-order valence-corrected chi connectivity index (χ0v) is 11.7. The van der Waals surface area contributed by atoms with Crippen molar-refractivity contribution in [1.82, 2.24) is 9.97 Å². The summed E-state index contributed by atoms with van der Waals surface area (Å²) in [5.74, 6) is 6.18. The van der Waals surface area contributed by atoms with Gasteiger partial charge in [0.2, 0.25) is 5.95 Å². The van der Waals surface area contributed by atoms with E-state index in [1.54, 1.807) is 12.3 Å². The topological polar surface area (TPSA) is 99.7 Å². The molecule has 96 valence electrons. The third kappa shape index (κ3) is 2.99. The minimum Gasteiger partial charge on any atom is -0.339 e. The van der Waals surface area contributed by atoms with Crippen LogP contribution in [0.5, 0.6) is 0 Å². The molecule has 0 saturated carbocycles. The summed E-state index contributed by atoms with van der Waals surface area (Å²) in [6.07, 6.45) is 1.65. The van der Waals surface area contributed by atoms with Gasteiger partial charge in [0.05, 0.1) is 11.3 Å². The van der Waals surface area contributed by atoms with Crippen molar-refractivity contribution >= 4 is 33.4 Å². The van der Waals surface area contributed by atoms with E-state index in [1.165, 1.54) is 0 Å². The molecule has 6 nitrogen and oxygen atoms in total. The molecule has 0 spiro atoms. The quantitative estimate of drug-likeness (QED) is 0.593. The van der Waals surface area contributed by atoms with Crippen LogP contribution in [0.25, 0.3) is 0 Å². The third-order valence-electron chi connectivity index (χ3n) is 2.46. The molecule has 0 atom stereocenters. The first-order chi connectivity index (χ1) is 9.13. The van der Waals surface area contributed by atoms with Crippen LogP contribution in [0.15, 0.2) is 28.9 Å². The highest BCUT2D eigenvalue weighted by Gasteiger charge is 2.07. The number of hydrogen-bond acceptors (Lipinski definition) is 6. The van der Waals surface area contributed by atoms with Crippen LogP contribution in [0, 0.1) is 18.3 Å². The Balaban J connectivity index is 2.41. The summed E-state index contributed by atoms with van der Waals surface area (Å²) in [6, 6.07) is 7.48. The average molecular weight is 319 g/mol. The van der Waals surface area contributed by atoms with Crippen LogP contribution in [0.1, 0.15) is 11.1 Å². The molecule has 0 bridgehead atoms. The zero-order valence-electron chi connectivity index (χ0n) is 10.1. The van der Waals surface area contributed by atoms with E-state index >= 15 is 0 Å². The molecule has 2 aromatic rings. The van der Waals surface area contributed by atoms with Gasteiger partial charge in [-0.3, -0.25) is 5.43 Å². The smallest absolute Gasteiger partial charge is 0.239 e. The number of benzene rings is 1. The van der Waals surface area contributed by atoms with Gasteiger partial charge in [-0.15, -0.1) is 0 Å². The van der Waals surface area contributed by atoms with Crippen molar-refractivity contribution in [2.45, 2.75) is 6.92 Å². The molecular formula is C12H11BrN6. The molecule has 0 radical (unpaired) electrons. The Bertz CT molecular complexity index is 649. The number of anilines is 3. The predicted molar refractivity (Wildman–Crippen MR) is 76.7 cm³/mol. The van der Waals surface area contributed by atoms with Crippen LogP contribution in [0.2, 0.25) is 0 Å². The molecule has 1 aromatic heterocycles. The molecule has 0 unspecified atom stereocenters. The summed E-state index contributed by atoms with van der Waals surface area (Å²) in [5.41, 5.74) is 4.43. The Labute approximate surface area is 118 Å². The van der Waals surface area contributed by atoms with Gasteiger partial charge in [-0.2, -0.15) is 10.2 Å². The van der Waals surface area contributed by atoms with Crippen molar-refractivity contribution in [3.05, 3.63) is 40.0 Å². The van der Waals surface area contributed by atoms with E-state index in [-0.39, 0.29) is 0 Å². The van der Waals surface area contributed by atoms with Gasteiger partial charge in [0, 0.05) is 16.2 Å². The van der Waals surface area contributed by atoms with E-state index in [9.17, 15) is 0 Å². The lowest BCUT2D eigenvalue weighted by atomic mass is 10.2. The second-order valence-corrected chi connectivity index (χ2v) is 4.71. The van der Waals surface area contributed by atoms with Gasteiger partial charge in [0.15, 0.2) is 0 Å². The molecule has 0 amide bonds. The van der Waals surface area contributed by atoms with Crippen LogP contribution in [-0.2, 0) is 0 Å². The summed E-state index contributed by atoms with van der Waals surface area (Å²) in [4.78, 5) is 8.21.